The molecule has 0 aliphatic rings. The van der Waals surface area contributed by atoms with E-state index in [4.69, 9.17) is 14.7 Å². The second-order valence-corrected chi connectivity index (χ2v) is 6.41. The number of sulfonamides is 1. The second kappa shape index (κ2) is 8.19. The average molecular weight is 330 g/mol. The van der Waals surface area contributed by atoms with Crippen LogP contribution in [0.5, 0.6) is 0 Å². The summed E-state index contributed by atoms with van der Waals surface area (Å²) in [7, 11) is -0.870. The van der Waals surface area contributed by atoms with Gasteiger partial charge in [-0.25, -0.2) is 17.5 Å². The second-order valence-electron chi connectivity index (χ2n) is 4.71. The van der Waals surface area contributed by atoms with Gasteiger partial charge in [-0.1, -0.05) is 0 Å². The summed E-state index contributed by atoms with van der Waals surface area (Å²) in [5.41, 5.74) is -0.0329. The van der Waals surface area contributed by atoms with Crippen LogP contribution in [0.4, 0.5) is 4.39 Å². The van der Waals surface area contributed by atoms with Crippen molar-refractivity contribution in [3.8, 4) is 6.07 Å². The highest BCUT2D eigenvalue weighted by Gasteiger charge is 2.22. The van der Waals surface area contributed by atoms with E-state index in [2.05, 4.69) is 4.72 Å². The third-order valence-electron chi connectivity index (χ3n) is 3.07. The minimum Gasteiger partial charge on any atom is -0.382 e. The molecule has 0 heterocycles. The van der Waals surface area contributed by atoms with Gasteiger partial charge in [0.05, 0.1) is 18.3 Å². The predicted octanol–water partition coefficient (Wildman–Crippen LogP) is 1.34. The number of ether oxygens (including phenoxy) is 2. The summed E-state index contributed by atoms with van der Waals surface area (Å²) in [6.07, 6.45) is 0.170. The van der Waals surface area contributed by atoms with Crippen molar-refractivity contribution in [2.24, 2.45) is 0 Å². The van der Waals surface area contributed by atoms with Crippen molar-refractivity contribution >= 4 is 10.0 Å². The maximum atomic E-state index is 13.3. The summed E-state index contributed by atoms with van der Waals surface area (Å²) < 4.78 is 50.4. The molecule has 0 aromatic heterocycles. The quantitative estimate of drug-likeness (QED) is 0.777. The van der Waals surface area contributed by atoms with Crippen LogP contribution in [0.3, 0.4) is 0 Å². The third-order valence-corrected chi connectivity index (χ3v) is 4.74. The highest BCUT2D eigenvalue weighted by atomic mass is 32.2. The van der Waals surface area contributed by atoms with Crippen LogP contribution < -0.4 is 4.72 Å². The summed E-state index contributed by atoms with van der Waals surface area (Å²) >= 11 is 0. The lowest BCUT2D eigenvalue weighted by Gasteiger charge is -2.15. The number of hydrogen-bond acceptors (Lipinski definition) is 5. The molecule has 0 aliphatic heterocycles. The van der Waals surface area contributed by atoms with Gasteiger partial charge in [-0.2, -0.15) is 5.26 Å². The van der Waals surface area contributed by atoms with E-state index in [0.717, 1.165) is 12.1 Å². The molecule has 22 heavy (non-hydrogen) atoms. The van der Waals surface area contributed by atoms with Gasteiger partial charge in [-0.15, -0.1) is 0 Å². The Bertz CT molecular complexity index is 656. The lowest BCUT2D eigenvalue weighted by atomic mass is 10.1. The molecule has 6 nitrogen and oxygen atoms in total. The first-order valence-corrected chi connectivity index (χ1v) is 8.05. The van der Waals surface area contributed by atoms with Gasteiger partial charge in [-0.3, -0.25) is 0 Å². The number of nitriles is 1. The Morgan fingerprint density at radius 2 is 2.09 bits per heavy atom. The van der Waals surface area contributed by atoms with E-state index in [0.29, 0.717) is 13.0 Å². The summed E-state index contributed by atoms with van der Waals surface area (Å²) in [5, 5.41) is 9.01. The van der Waals surface area contributed by atoms with Crippen LogP contribution in [0.25, 0.3) is 0 Å². The fourth-order valence-electron chi connectivity index (χ4n) is 2.05. The maximum Gasteiger partial charge on any atom is 0.242 e. The Morgan fingerprint density at radius 1 is 1.41 bits per heavy atom. The SMILES string of the molecule is COCC(CCNS(=O)(=O)c1c(C)cc(F)cc1C#N)OC. The van der Waals surface area contributed by atoms with Gasteiger partial charge in [0.2, 0.25) is 10.0 Å². The zero-order valence-corrected chi connectivity index (χ0v) is 13.5. The molecule has 1 unspecified atom stereocenters. The van der Waals surface area contributed by atoms with Gasteiger partial charge in [-0.05, 0) is 31.0 Å². The molecule has 122 valence electrons. The van der Waals surface area contributed by atoms with Crippen molar-refractivity contribution in [2.75, 3.05) is 27.4 Å². The van der Waals surface area contributed by atoms with Gasteiger partial charge in [0.25, 0.3) is 0 Å². The van der Waals surface area contributed by atoms with E-state index in [1.165, 1.54) is 21.1 Å². The van der Waals surface area contributed by atoms with Crippen LogP contribution >= 0.6 is 0 Å². The average Bonchev–Trinajstić information content (AvgIpc) is 2.44. The number of nitrogens with one attached hydrogen (secondary N) is 1. The van der Waals surface area contributed by atoms with Gasteiger partial charge in [0, 0.05) is 20.8 Å². The van der Waals surface area contributed by atoms with Crippen LogP contribution in [0.1, 0.15) is 17.5 Å². The first-order valence-electron chi connectivity index (χ1n) is 6.57. The standard InChI is InChI=1S/C14H19FN2O4S/c1-10-6-12(15)7-11(8-16)14(10)22(18,19)17-5-4-13(21-3)9-20-2/h6-7,13,17H,4-5,9H2,1-3H3. The number of rotatable bonds is 8. The molecule has 1 N–H and O–H groups in total. The smallest absolute Gasteiger partial charge is 0.242 e. The molecule has 0 fully saturated rings. The van der Waals surface area contributed by atoms with Gasteiger partial charge < -0.3 is 9.47 Å². The van der Waals surface area contributed by atoms with Crippen molar-refractivity contribution < 1.29 is 22.3 Å². The Labute approximate surface area is 129 Å². The highest BCUT2D eigenvalue weighted by molar-refractivity contribution is 7.89. The van der Waals surface area contributed by atoms with Gasteiger partial charge in [0.1, 0.15) is 16.8 Å². The zero-order valence-electron chi connectivity index (χ0n) is 12.7. The lowest BCUT2D eigenvalue weighted by Crippen LogP contribution is -2.30. The first kappa shape index (κ1) is 18.5. The molecule has 1 rings (SSSR count). The Hall–Kier alpha value is -1.53. The summed E-state index contributed by atoms with van der Waals surface area (Å²) in [6, 6.07) is 3.70. The monoisotopic (exact) mass is 330 g/mol. The van der Waals surface area contributed by atoms with E-state index in [-0.39, 0.29) is 28.7 Å². The van der Waals surface area contributed by atoms with E-state index in [9.17, 15) is 12.8 Å². The largest absolute Gasteiger partial charge is 0.382 e. The molecule has 0 amide bonds. The fourth-order valence-corrected chi connectivity index (χ4v) is 3.46. The molecular weight excluding hydrogens is 311 g/mol. The summed E-state index contributed by atoms with van der Waals surface area (Å²) in [5.74, 6) is -0.646. The molecule has 1 atom stereocenters. The summed E-state index contributed by atoms with van der Waals surface area (Å²) in [6.45, 7) is 1.91. The van der Waals surface area contributed by atoms with Crippen molar-refractivity contribution in [2.45, 2.75) is 24.3 Å². The Balaban J connectivity index is 2.90. The third kappa shape index (κ3) is 4.74. The number of hydrogen-bond donors (Lipinski definition) is 1. The van der Waals surface area contributed by atoms with E-state index in [1.54, 1.807) is 6.07 Å². The number of nitrogens with zero attached hydrogens (tertiary/aromatic N) is 1. The first-order chi connectivity index (χ1) is 10.4. The van der Waals surface area contributed by atoms with Gasteiger partial charge >= 0.3 is 0 Å². The minimum absolute atomic E-state index is 0.117. The topological polar surface area (TPSA) is 88.4 Å². The molecule has 1 aromatic rings. The van der Waals surface area contributed by atoms with E-state index < -0.39 is 15.8 Å². The van der Waals surface area contributed by atoms with E-state index in [1.807, 2.05) is 0 Å². The van der Waals surface area contributed by atoms with Crippen LogP contribution in [0.2, 0.25) is 0 Å². The number of methoxy groups -OCH3 is 2. The molecule has 0 saturated carbocycles. The molecule has 0 spiro atoms. The zero-order chi connectivity index (χ0) is 16.8. The molecule has 0 bridgehead atoms. The molecule has 0 radical (unpaired) electrons. The highest BCUT2D eigenvalue weighted by Crippen LogP contribution is 2.21. The number of aryl methyl sites for hydroxylation is 1. The van der Waals surface area contributed by atoms with Crippen molar-refractivity contribution in [3.63, 3.8) is 0 Å². The van der Waals surface area contributed by atoms with Crippen molar-refractivity contribution in [3.05, 3.63) is 29.1 Å². The maximum absolute atomic E-state index is 13.3. The van der Waals surface area contributed by atoms with Crippen LogP contribution in [0, 0.1) is 24.1 Å². The molecule has 0 aliphatic carbocycles. The normalized spacial score (nSPS) is 12.9. The van der Waals surface area contributed by atoms with Crippen LogP contribution in [-0.2, 0) is 19.5 Å². The molecule has 8 heteroatoms. The van der Waals surface area contributed by atoms with Gasteiger partial charge in [0.15, 0.2) is 0 Å². The Morgan fingerprint density at radius 3 is 2.64 bits per heavy atom. The minimum atomic E-state index is -3.90. The summed E-state index contributed by atoms with van der Waals surface area (Å²) in [4.78, 5) is -0.197. The lowest BCUT2D eigenvalue weighted by molar-refractivity contribution is 0.0245. The molecule has 1 aromatic carbocycles. The fraction of sp³-hybridized carbons (Fsp3) is 0.500. The van der Waals surface area contributed by atoms with Crippen molar-refractivity contribution in [1.82, 2.24) is 4.72 Å². The number of halogens is 1. The predicted molar refractivity (Wildman–Crippen MR) is 78.3 cm³/mol. The molecule has 0 saturated heterocycles. The molecular formula is C14H19FN2O4S. The van der Waals surface area contributed by atoms with E-state index >= 15 is 0 Å². The Kier molecular flexibility index (Phi) is 6.90. The van der Waals surface area contributed by atoms with Crippen LogP contribution in [0.15, 0.2) is 17.0 Å². The van der Waals surface area contributed by atoms with Crippen LogP contribution in [-0.4, -0.2) is 41.9 Å². The number of benzene rings is 1. The van der Waals surface area contributed by atoms with Crippen molar-refractivity contribution in [1.29, 1.82) is 5.26 Å².